The number of nitrogens with zero attached hydrogens (tertiary/aromatic N) is 1. The monoisotopic (exact) mass is 355 g/mol. The SMILES string of the molecule is O=C(CS(=O)(=O)C1CCCC1)NC[C@@H]1CCCO[C@H]1c1cn[nH]c1. The van der Waals surface area contributed by atoms with Gasteiger partial charge in [0, 0.05) is 30.8 Å². The Kier molecular flexibility index (Phi) is 5.55. The smallest absolute Gasteiger partial charge is 0.235 e. The Hall–Kier alpha value is -1.41. The molecule has 24 heavy (non-hydrogen) atoms. The summed E-state index contributed by atoms with van der Waals surface area (Å²) in [6.07, 6.45) is 8.56. The Morgan fingerprint density at radius 2 is 2.08 bits per heavy atom. The van der Waals surface area contributed by atoms with Crippen LogP contribution < -0.4 is 5.32 Å². The summed E-state index contributed by atoms with van der Waals surface area (Å²) in [6.45, 7) is 1.12. The Balaban J connectivity index is 1.53. The van der Waals surface area contributed by atoms with Gasteiger partial charge in [0.05, 0.1) is 17.6 Å². The Morgan fingerprint density at radius 3 is 2.79 bits per heavy atom. The van der Waals surface area contributed by atoms with Gasteiger partial charge in [-0.1, -0.05) is 12.8 Å². The van der Waals surface area contributed by atoms with E-state index in [2.05, 4.69) is 15.5 Å². The van der Waals surface area contributed by atoms with Crippen LogP contribution in [-0.4, -0.2) is 48.7 Å². The Labute approximate surface area is 142 Å². The number of amides is 1. The van der Waals surface area contributed by atoms with E-state index in [9.17, 15) is 13.2 Å². The molecule has 7 nitrogen and oxygen atoms in total. The predicted octanol–water partition coefficient (Wildman–Crippen LogP) is 1.35. The first kappa shape index (κ1) is 17.4. The fourth-order valence-electron chi connectivity index (χ4n) is 3.68. The topological polar surface area (TPSA) is 101 Å². The first-order chi connectivity index (χ1) is 11.6. The maximum Gasteiger partial charge on any atom is 0.235 e. The van der Waals surface area contributed by atoms with Crippen LogP contribution in [0.2, 0.25) is 0 Å². The van der Waals surface area contributed by atoms with Crippen LogP contribution in [0.5, 0.6) is 0 Å². The van der Waals surface area contributed by atoms with Crippen molar-refractivity contribution in [3.8, 4) is 0 Å². The second kappa shape index (κ2) is 7.65. The van der Waals surface area contributed by atoms with Crippen LogP contribution in [0.25, 0.3) is 0 Å². The lowest BCUT2D eigenvalue weighted by atomic mass is 9.91. The van der Waals surface area contributed by atoms with E-state index in [1.807, 2.05) is 0 Å². The molecule has 0 unspecified atom stereocenters. The fraction of sp³-hybridized carbons (Fsp3) is 0.750. The molecule has 2 fully saturated rings. The molecule has 1 aromatic heterocycles. The molecule has 1 aliphatic carbocycles. The van der Waals surface area contributed by atoms with Gasteiger partial charge in [0.2, 0.25) is 5.91 Å². The van der Waals surface area contributed by atoms with Gasteiger partial charge in [-0.3, -0.25) is 9.89 Å². The Bertz CT molecular complexity index is 638. The first-order valence-electron chi connectivity index (χ1n) is 8.65. The lowest BCUT2D eigenvalue weighted by molar-refractivity contribution is -0.119. The van der Waals surface area contributed by atoms with Crippen molar-refractivity contribution in [2.45, 2.75) is 49.9 Å². The molecular formula is C16H25N3O4S. The Morgan fingerprint density at radius 1 is 1.29 bits per heavy atom. The van der Waals surface area contributed by atoms with Gasteiger partial charge < -0.3 is 10.1 Å². The van der Waals surface area contributed by atoms with Crippen LogP contribution in [0.4, 0.5) is 0 Å². The summed E-state index contributed by atoms with van der Waals surface area (Å²) in [7, 11) is -3.33. The predicted molar refractivity (Wildman–Crippen MR) is 89.1 cm³/mol. The number of aromatic amines is 1. The van der Waals surface area contributed by atoms with Gasteiger partial charge in [-0.05, 0) is 25.7 Å². The number of aromatic nitrogens is 2. The molecule has 3 rings (SSSR count). The third kappa shape index (κ3) is 4.16. The summed E-state index contributed by atoms with van der Waals surface area (Å²) in [6, 6.07) is 0. The molecule has 0 spiro atoms. The number of hydrogen-bond acceptors (Lipinski definition) is 5. The average molecular weight is 355 g/mol. The van der Waals surface area contributed by atoms with E-state index in [1.165, 1.54) is 0 Å². The second-order valence-electron chi connectivity index (χ2n) is 6.74. The highest BCUT2D eigenvalue weighted by atomic mass is 32.2. The number of sulfone groups is 1. The third-order valence-electron chi connectivity index (χ3n) is 5.00. The summed E-state index contributed by atoms with van der Waals surface area (Å²) in [5.41, 5.74) is 0.965. The lowest BCUT2D eigenvalue weighted by Crippen LogP contribution is -2.39. The molecule has 1 saturated heterocycles. The second-order valence-corrected chi connectivity index (χ2v) is 9.02. The van der Waals surface area contributed by atoms with Crippen molar-refractivity contribution in [3.05, 3.63) is 18.0 Å². The standard InChI is InChI=1S/C16H25N3O4S/c20-15(11-24(21,22)14-5-1-2-6-14)17-8-12-4-3-7-23-16(12)13-9-18-19-10-13/h9-10,12,14,16H,1-8,11H2,(H,17,20)(H,18,19)/t12-,16+/m0/s1. The van der Waals surface area contributed by atoms with E-state index in [0.29, 0.717) is 26.0 Å². The largest absolute Gasteiger partial charge is 0.373 e. The van der Waals surface area contributed by atoms with Crippen molar-refractivity contribution < 1.29 is 17.9 Å². The molecule has 2 heterocycles. The number of ether oxygens (including phenoxy) is 1. The minimum atomic E-state index is -3.33. The molecule has 0 bridgehead atoms. The summed E-state index contributed by atoms with van der Waals surface area (Å²) in [4.78, 5) is 12.1. The maximum absolute atomic E-state index is 12.2. The van der Waals surface area contributed by atoms with Gasteiger partial charge in [-0.2, -0.15) is 5.10 Å². The minimum absolute atomic E-state index is 0.107. The molecule has 0 aromatic carbocycles. The van der Waals surface area contributed by atoms with Crippen molar-refractivity contribution in [2.24, 2.45) is 5.92 Å². The van der Waals surface area contributed by atoms with Crippen LogP contribution in [0.15, 0.2) is 12.4 Å². The van der Waals surface area contributed by atoms with Crippen LogP contribution in [0.3, 0.4) is 0 Å². The van der Waals surface area contributed by atoms with Gasteiger partial charge in [-0.15, -0.1) is 0 Å². The first-order valence-corrected chi connectivity index (χ1v) is 10.4. The molecule has 0 radical (unpaired) electrons. The molecule has 134 valence electrons. The van der Waals surface area contributed by atoms with Crippen molar-refractivity contribution >= 4 is 15.7 Å². The molecule has 8 heteroatoms. The van der Waals surface area contributed by atoms with Crippen molar-refractivity contribution in [2.75, 3.05) is 18.9 Å². The molecule has 1 aromatic rings. The highest BCUT2D eigenvalue weighted by Gasteiger charge is 2.32. The van der Waals surface area contributed by atoms with E-state index in [-0.39, 0.29) is 17.3 Å². The van der Waals surface area contributed by atoms with Crippen LogP contribution in [-0.2, 0) is 19.4 Å². The number of H-pyrrole nitrogens is 1. The molecular weight excluding hydrogens is 330 g/mol. The number of carbonyl (C=O) groups is 1. The van der Waals surface area contributed by atoms with Gasteiger partial charge in [0.1, 0.15) is 5.75 Å². The highest BCUT2D eigenvalue weighted by Crippen LogP contribution is 2.32. The van der Waals surface area contributed by atoms with Crippen LogP contribution in [0, 0.1) is 5.92 Å². The van der Waals surface area contributed by atoms with Crippen molar-refractivity contribution in [1.82, 2.24) is 15.5 Å². The normalized spacial score (nSPS) is 25.7. The van der Waals surface area contributed by atoms with Gasteiger partial charge >= 0.3 is 0 Å². The molecule has 2 atom stereocenters. The summed E-state index contributed by atoms with van der Waals surface area (Å²) >= 11 is 0. The van der Waals surface area contributed by atoms with E-state index >= 15 is 0 Å². The zero-order valence-corrected chi connectivity index (χ0v) is 14.6. The lowest BCUT2D eigenvalue weighted by Gasteiger charge is -2.31. The summed E-state index contributed by atoms with van der Waals surface area (Å²) in [5.74, 6) is -0.672. The van der Waals surface area contributed by atoms with Crippen molar-refractivity contribution in [1.29, 1.82) is 0 Å². The maximum atomic E-state index is 12.2. The average Bonchev–Trinajstić information content (AvgIpc) is 3.26. The van der Waals surface area contributed by atoms with Gasteiger partial charge in [0.25, 0.3) is 0 Å². The number of rotatable bonds is 6. The van der Waals surface area contributed by atoms with Gasteiger partial charge in [0.15, 0.2) is 9.84 Å². The molecule has 1 amide bonds. The van der Waals surface area contributed by atoms with Gasteiger partial charge in [-0.25, -0.2) is 8.42 Å². The molecule has 1 aliphatic heterocycles. The quantitative estimate of drug-likeness (QED) is 0.802. The zero-order chi connectivity index (χ0) is 17.0. The molecule has 1 saturated carbocycles. The van der Waals surface area contributed by atoms with Crippen LogP contribution >= 0.6 is 0 Å². The minimum Gasteiger partial charge on any atom is -0.373 e. The number of nitrogens with one attached hydrogen (secondary N) is 2. The summed E-state index contributed by atoms with van der Waals surface area (Å²) < 4.78 is 30.3. The van der Waals surface area contributed by atoms with Crippen LogP contribution in [0.1, 0.15) is 50.2 Å². The molecule has 2 aliphatic rings. The number of carbonyl (C=O) groups excluding carboxylic acids is 1. The summed E-state index contributed by atoms with van der Waals surface area (Å²) in [5, 5.41) is 9.19. The zero-order valence-electron chi connectivity index (χ0n) is 13.7. The fourth-order valence-corrected chi connectivity index (χ4v) is 5.44. The van der Waals surface area contributed by atoms with E-state index in [0.717, 1.165) is 31.2 Å². The molecule has 2 N–H and O–H groups in total. The van der Waals surface area contributed by atoms with E-state index in [1.54, 1.807) is 12.4 Å². The highest BCUT2D eigenvalue weighted by molar-refractivity contribution is 7.92. The van der Waals surface area contributed by atoms with E-state index < -0.39 is 21.5 Å². The van der Waals surface area contributed by atoms with E-state index in [4.69, 9.17) is 4.74 Å². The number of hydrogen-bond donors (Lipinski definition) is 2. The van der Waals surface area contributed by atoms with Crippen molar-refractivity contribution in [3.63, 3.8) is 0 Å². The third-order valence-corrected chi connectivity index (χ3v) is 7.15.